The Kier molecular flexibility index (Phi) is 4.65. The summed E-state index contributed by atoms with van der Waals surface area (Å²) >= 11 is 0. The highest BCUT2D eigenvalue weighted by molar-refractivity contribution is 5.90. The Hall–Kier alpha value is -3.35. The molecule has 0 atom stereocenters. The summed E-state index contributed by atoms with van der Waals surface area (Å²) in [5, 5.41) is 2.40. The van der Waals surface area contributed by atoms with E-state index >= 15 is 0 Å². The minimum absolute atomic E-state index is 0.103. The number of hydrogen-bond acceptors (Lipinski definition) is 3. The summed E-state index contributed by atoms with van der Waals surface area (Å²) in [4.78, 5) is 28.3. The second-order valence-electron chi connectivity index (χ2n) is 5.28. The van der Waals surface area contributed by atoms with Crippen LogP contribution in [0, 0.1) is 11.6 Å². The van der Waals surface area contributed by atoms with Crippen LogP contribution in [0.1, 0.15) is 0 Å². The highest BCUT2D eigenvalue weighted by Crippen LogP contribution is 2.14. The van der Waals surface area contributed by atoms with E-state index in [1.54, 1.807) is 0 Å². The maximum absolute atomic E-state index is 13.1. The van der Waals surface area contributed by atoms with Crippen molar-refractivity contribution in [2.24, 2.45) is 0 Å². The van der Waals surface area contributed by atoms with Crippen molar-refractivity contribution in [1.82, 2.24) is 9.55 Å². The van der Waals surface area contributed by atoms with E-state index in [-0.39, 0.29) is 12.2 Å². The summed E-state index contributed by atoms with van der Waals surface area (Å²) in [6, 6.07) is 13.5. The van der Waals surface area contributed by atoms with Crippen LogP contribution in [0.2, 0.25) is 0 Å². The van der Waals surface area contributed by atoms with Gasteiger partial charge in [-0.05, 0) is 12.1 Å². The number of carbonyl (C=O) groups is 1. The van der Waals surface area contributed by atoms with Crippen molar-refractivity contribution in [3.8, 4) is 11.3 Å². The number of rotatable bonds is 4. The molecule has 0 fully saturated rings. The topological polar surface area (TPSA) is 64.0 Å². The average Bonchev–Trinajstić information content (AvgIpc) is 2.61. The predicted molar refractivity (Wildman–Crippen MR) is 88.9 cm³/mol. The zero-order chi connectivity index (χ0) is 17.8. The van der Waals surface area contributed by atoms with Crippen molar-refractivity contribution in [1.29, 1.82) is 0 Å². The van der Waals surface area contributed by atoms with Gasteiger partial charge in [-0.2, -0.15) is 0 Å². The van der Waals surface area contributed by atoms with Crippen LogP contribution < -0.4 is 10.9 Å². The Morgan fingerprint density at radius 2 is 1.80 bits per heavy atom. The third kappa shape index (κ3) is 3.95. The Morgan fingerprint density at radius 1 is 1.04 bits per heavy atom. The van der Waals surface area contributed by atoms with E-state index in [1.807, 2.05) is 30.3 Å². The largest absolute Gasteiger partial charge is 0.324 e. The van der Waals surface area contributed by atoms with E-state index < -0.39 is 23.1 Å². The molecule has 0 radical (unpaired) electrons. The molecule has 0 aliphatic rings. The fourth-order valence-electron chi connectivity index (χ4n) is 2.24. The standard InChI is InChI=1S/C18H13F2N3O2/c19-14-7-6-13(8-15(14)20)22-17(24)10-23-11-21-16(9-18(23)25)12-4-2-1-3-5-12/h1-9,11H,10H2,(H,22,24). The molecule has 126 valence electrons. The SMILES string of the molecule is O=C(Cn1cnc(-c2ccccc2)cc1=O)Nc1ccc(F)c(F)c1. The number of benzene rings is 2. The summed E-state index contributed by atoms with van der Waals surface area (Å²) in [6.45, 7) is -0.292. The van der Waals surface area contributed by atoms with Gasteiger partial charge >= 0.3 is 0 Å². The van der Waals surface area contributed by atoms with Gasteiger partial charge in [-0.25, -0.2) is 13.8 Å². The van der Waals surface area contributed by atoms with Crippen LogP contribution in [0.3, 0.4) is 0 Å². The van der Waals surface area contributed by atoms with Crippen LogP contribution in [0.4, 0.5) is 14.5 Å². The molecule has 0 spiro atoms. The third-order valence-corrected chi connectivity index (χ3v) is 3.47. The minimum atomic E-state index is -1.07. The number of nitrogens with zero attached hydrogens (tertiary/aromatic N) is 2. The summed E-state index contributed by atoms with van der Waals surface area (Å²) in [5.41, 5.74) is 1.00. The maximum atomic E-state index is 13.1. The van der Waals surface area contributed by atoms with Crippen LogP contribution in [-0.4, -0.2) is 15.5 Å². The van der Waals surface area contributed by atoms with E-state index in [9.17, 15) is 18.4 Å². The molecular formula is C18H13F2N3O2. The van der Waals surface area contributed by atoms with Crippen molar-refractivity contribution >= 4 is 11.6 Å². The summed E-state index contributed by atoms with van der Waals surface area (Å²) < 4.78 is 27.1. The molecule has 5 nitrogen and oxygen atoms in total. The van der Waals surface area contributed by atoms with Gasteiger partial charge in [-0.1, -0.05) is 30.3 Å². The van der Waals surface area contributed by atoms with Crippen LogP contribution in [0.5, 0.6) is 0 Å². The van der Waals surface area contributed by atoms with Crippen LogP contribution >= 0.6 is 0 Å². The molecule has 0 saturated carbocycles. The van der Waals surface area contributed by atoms with E-state index in [0.717, 1.165) is 22.3 Å². The quantitative estimate of drug-likeness (QED) is 0.794. The number of carbonyl (C=O) groups excluding carboxylic acids is 1. The number of aromatic nitrogens is 2. The van der Waals surface area contributed by atoms with Gasteiger partial charge in [-0.15, -0.1) is 0 Å². The van der Waals surface area contributed by atoms with Gasteiger partial charge < -0.3 is 5.32 Å². The third-order valence-electron chi connectivity index (χ3n) is 3.47. The van der Waals surface area contributed by atoms with Gasteiger partial charge in [0.05, 0.1) is 12.0 Å². The van der Waals surface area contributed by atoms with Crippen LogP contribution in [0.15, 0.2) is 65.7 Å². The van der Waals surface area contributed by atoms with E-state index in [0.29, 0.717) is 5.69 Å². The Bertz CT molecular complexity index is 972. The fraction of sp³-hybridized carbons (Fsp3) is 0.0556. The monoisotopic (exact) mass is 341 g/mol. The lowest BCUT2D eigenvalue weighted by atomic mass is 10.1. The first kappa shape index (κ1) is 16.5. The predicted octanol–water partition coefficient (Wildman–Crippen LogP) is 2.83. The molecule has 1 amide bonds. The molecule has 0 aliphatic heterocycles. The molecule has 0 aliphatic carbocycles. The summed E-state index contributed by atoms with van der Waals surface area (Å²) in [7, 11) is 0. The Balaban J connectivity index is 1.73. The average molecular weight is 341 g/mol. The highest BCUT2D eigenvalue weighted by atomic mass is 19.2. The lowest BCUT2D eigenvalue weighted by Crippen LogP contribution is -2.27. The van der Waals surface area contributed by atoms with Gasteiger partial charge in [0.25, 0.3) is 5.56 Å². The van der Waals surface area contributed by atoms with Gasteiger partial charge in [0.15, 0.2) is 11.6 Å². The highest BCUT2D eigenvalue weighted by Gasteiger charge is 2.09. The van der Waals surface area contributed by atoms with E-state index in [4.69, 9.17) is 0 Å². The molecule has 1 aromatic heterocycles. The van der Waals surface area contributed by atoms with Crippen molar-refractivity contribution in [3.63, 3.8) is 0 Å². The molecule has 25 heavy (non-hydrogen) atoms. The molecule has 7 heteroatoms. The Morgan fingerprint density at radius 3 is 2.48 bits per heavy atom. The van der Waals surface area contributed by atoms with E-state index in [1.165, 1.54) is 18.5 Å². The van der Waals surface area contributed by atoms with Crippen molar-refractivity contribution in [3.05, 3.63) is 82.9 Å². The van der Waals surface area contributed by atoms with Crippen LogP contribution in [-0.2, 0) is 11.3 Å². The minimum Gasteiger partial charge on any atom is -0.324 e. The second-order valence-corrected chi connectivity index (χ2v) is 5.28. The van der Waals surface area contributed by atoms with Crippen molar-refractivity contribution in [2.75, 3.05) is 5.32 Å². The smallest absolute Gasteiger partial charge is 0.254 e. The lowest BCUT2D eigenvalue weighted by Gasteiger charge is -2.08. The first-order valence-corrected chi connectivity index (χ1v) is 7.40. The van der Waals surface area contributed by atoms with Crippen molar-refractivity contribution < 1.29 is 13.6 Å². The normalized spacial score (nSPS) is 10.5. The van der Waals surface area contributed by atoms with E-state index in [2.05, 4.69) is 10.3 Å². The maximum Gasteiger partial charge on any atom is 0.254 e. The fourth-order valence-corrected chi connectivity index (χ4v) is 2.24. The van der Waals surface area contributed by atoms with Crippen molar-refractivity contribution in [2.45, 2.75) is 6.54 Å². The number of hydrogen-bond donors (Lipinski definition) is 1. The first-order valence-electron chi connectivity index (χ1n) is 7.40. The zero-order valence-corrected chi connectivity index (χ0v) is 12.9. The number of amides is 1. The molecule has 3 rings (SSSR count). The van der Waals surface area contributed by atoms with Gasteiger partial charge in [0, 0.05) is 23.4 Å². The van der Waals surface area contributed by atoms with Gasteiger partial charge in [-0.3, -0.25) is 14.2 Å². The molecule has 1 N–H and O–H groups in total. The number of nitrogens with one attached hydrogen (secondary N) is 1. The lowest BCUT2D eigenvalue weighted by molar-refractivity contribution is -0.116. The Labute approximate surface area is 141 Å². The van der Waals surface area contributed by atoms with Gasteiger partial charge in [0.1, 0.15) is 6.54 Å². The molecular weight excluding hydrogens is 328 g/mol. The second kappa shape index (κ2) is 7.04. The molecule has 1 heterocycles. The number of anilines is 1. The molecule has 0 unspecified atom stereocenters. The molecule has 2 aromatic carbocycles. The molecule has 3 aromatic rings. The molecule has 0 saturated heterocycles. The summed E-state index contributed by atoms with van der Waals surface area (Å²) in [6.07, 6.45) is 1.27. The number of halogens is 2. The summed E-state index contributed by atoms with van der Waals surface area (Å²) in [5.74, 6) is -2.62. The van der Waals surface area contributed by atoms with Gasteiger partial charge in [0.2, 0.25) is 5.91 Å². The first-order chi connectivity index (χ1) is 12.0. The van der Waals surface area contributed by atoms with Crippen LogP contribution in [0.25, 0.3) is 11.3 Å². The molecule has 0 bridgehead atoms. The zero-order valence-electron chi connectivity index (χ0n) is 12.9.